The Morgan fingerprint density at radius 3 is 2.59 bits per heavy atom. The van der Waals surface area contributed by atoms with Crippen LogP contribution in [-0.2, 0) is 20.9 Å². The molecule has 0 aromatic carbocycles. The van der Waals surface area contributed by atoms with Crippen molar-refractivity contribution in [2.45, 2.75) is 83.4 Å². The lowest BCUT2D eigenvalue weighted by Crippen LogP contribution is -2.45. The lowest BCUT2D eigenvalue weighted by atomic mass is 9.96. The highest BCUT2D eigenvalue weighted by Gasteiger charge is 2.39. The fourth-order valence-electron chi connectivity index (χ4n) is 4.04. The molecule has 0 spiro atoms. The summed E-state index contributed by atoms with van der Waals surface area (Å²) in [7, 11) is 0. The minimum absolute atomic E-state index is 0.0534. The van der Waals surface area contributed by atoms with Crippen LogP contribution in [0.3, 0.4) is 0 Å². The molecule has 1 aliphatic carbocycles. The van der Waals surface area contributed by atoms with E-state index in [9.17, 15) is 14.4 Å². The Balaban J connectivity index is 1.70. The lowest BCUT2D eigenvalue weighted by Gasteiger charge is -2.26. The summed E-state index contributed by atoms with van der Waals surface area (Å²) in [5, 5.41) is 2.11. The van der Waals surface area contributed by atoms with Gasteiger partial charge in [0, 0.05) is 13.0 Å². The van der Waals surface area contributed by atoms with Gasteiger partial charge in [0.25, 0.3) is 5.91 Å². The number of amides is 2. The van der Waals surface area contributed by atoms with Crippen molar-refractivity contribution in [2.24, 2.45) is 5.73 Å². The number of primary amides is 1. The molecule has 0 bridgehead atoms. The molecule has 1 aromatic rings. The Labute approximate surface area is 164 Å². The van der Waals surface area contributed by atoms with Crippen LogP contribution < -0.4 is 5.73 Å². The molecule has 1 aliphatic heterocycles. The predicted molar refractivity (Wildman–Crippen MR) is 103 cm³/mol. The first-order valence-corrected chi connectivity index (χ1v) is 10.5. The van der Waals surface area contributed by atoms with Crippen LogP contribution in [0.4, 0.5) is 0 Å². The van der Waals surface area contributed by atoms with Gasteiger partial charge in [-0.15, -0.1) is 11.3 Å². The van der Waals surface area contributed by atoms with E-state index in [-0.39, 0.29) is 24.7 Å². The van der Waals surface area contributed by atoms with Gasteiger partial charge in [0.15, 0.2) is 0 Å². The van der Waals surface area contributed by atoms with Crippen molar-refractivity contribution in [1.82, 2.24) is 4.90 Å². The first-order valence-electron chi connectivity index (χ1n) is 9.60. The van der Waals surface area contributed by atoms with Crippen LogP contribution in [-0.4, -0.2) is 34.3 Å². The standard InChI is InChI=1S/C20H28N2O4S/c1-20(2,3)26-16(23)9-8-15(18(21)24)22-10-13-14(12-6-4-5-7-12)11-27-17(13)19(22)25/h11-12,15H,4-10H2,1-3H3,(H2,21,24). The molecule has 0 saturated heterocycles. The van der Waals surface area contributed by atoms with Crippen molar-refractivity contribution in [3.8, 4) is 0 Å². The van der Waals surface area contributed by atoms with Gasteiger partial charge in [-0.1, -0.05) is 12.8 Å². The monoisotopic (exact) mass is 392 g/mol. The van der Waals surface area contributed by atoms with E-state index < -0.39 is 17.6 Å². The average molecular weight is 393 g/mol. The molecule has 2 aliphatic rings. The van der Waals surface area contributed by atoms with Gasteiger partial charge in [-0.3, -0.25) is 14.4 Å². The highest BCUT2D eigenvalue weighted by atomic mass is 32.1. The number of hydrogen-bond donors (Lipinski definition) is 1. The fourth-order valence-corrected chi connectivity index (χ4v) is 5.16. The largest absolute Gasteiger partial charge is 0.460 e. The smallest absolute Gasteiger partial charge is 0.306 e. The molecule has 1 aromatic heterocycles. The zero-order valence-electron chi connectivity index (χ0n) is 16.2. The van der Waals surface area contributed by atoms with E-state index in [4.69, 9.17) is 10.5 Å². The molecule has 2 N–H and O–H groups in total. The van der Waals surface area contributed by atoms with Crippen molar-refractivity contribution >= 4 is 29.1 Å². The van der Waals surface area contributed by atoms with Crippen LogP contribution in [0.15, 0.2) is 5.38 Å². The number of ether oxygens (including phenoxy) is 1. The Hall–Kier alpha value is -1.89. The van der Waals surface area contributed by atoms with Gasteiger partial charge in [0.1, 0.15) is 11.6 Å². The Morgan fingerprint density at radius 1 is 1.33 bits per heavy atom. The summed E-state index contributed by atoms with van der Waals surface area (Å²) in [6.07, 6.45) is 5.02. The van der Waals surface area contributed by atoms with Crippen LogP contribution in [0.5, 0.6) is 0 Å². The summed E-state index contributed by atoms with van der Waals surface area (Å²) in [5.74, 6) is -0.593. The minimum atomic E-state index is -0.791. The summed E-state index contributed by atoms with van der Waals surface area (Å²) < 4.78 is 5.30. The number of nitrogens with zero attached hydrogens (tertiary/aromatic N) is 1. The van der Waals surface area contributed by atoms with E-state index in [1.54, 1.807) is 20.8 Å². The van der Waals surface area contributed by atoms with E-state index >= 15 is 0 Å². The first-order chi connectivity index (χ1) is 12.7. The Bertz CT molecular complexity index is 744. The van der Waals surface area contributed by atoms with E-state index in [0.29, 0.717) is 12.5 Å². The van der Waals surface area contributed by atoms with E-state index in [2.05, 4.69) is 5.38 Å². The van der Waals surface area contributed by atoms with Gasteiger partial charge >= 0.3 is 5.97 Å². The van der Waals surface area contributed by atoms with Gasteiger partial charge < -0.3 is 15.4 Å². The molecule has 2 heterocycles. The Kier molecular flexibility index (Phi) is 5.60. The van der Waals surface area contributed by atoms with Crippen LogP contribution in [0, 0.1) is 0 Å². The highest BCUT2D eigenvalue weighted by molar-refractivity contribution is 7.12. The number of hydrogen-bond acceptors (Lipinski definition) is 5. The highest BCUT2D eigenvalue weighted by Crippen LogP contribution is 2.42. The Morgan fingerprint density at radius 2 is 2.00 bits per heavy atom. The van der Waals surface area contributed by atoms with Gasteiger partial charge in [0.05, 0.1) is 4.88 Å². The zero-order valence-corrected chi connectivity index (χ0v) is 17.1. The third-order valence-electron chi connectivity index (χ3n) is 5.25. The van der Waals surface area contributed by atoms with E-state index in [0.717, 1.165) is 23.3 Å². The number of carbonyl (C=O) groups is 3. The second-order valence-electron chi connectivity index (χ2n) is 8.46. The molecular formula is C20H28N2O4S. The number of thiophene rings is 1. The number of esters is 1. The molecule has 2 amide bonds. The number of carbonyl (C=O) groups excluding carboxylic acids is 3. The molecule has 3 rings (SSSR count). The van der Waals surface area contributed by atoms with Gasteiger partial charge in [0.2, 0.25) is 5.91 Å². The van der Waals surface area contributed by atoms with Crippen molar-refractivity contribution in [3.05, 3.63) is 21.4 Å². The van der Waals surface area contributed by atoms with Crippen molar-refractivity contribution in [1.29, 1.82) is 0 Å². The molecular weight excluding hydrogens is 364 g/mol. The van der Waals surface area contributed by atoms with E-state index in [1.807, 2.05) is 0 Å². The normalized spacial score (nSPS) is 18.6. The number of nitrogens with two attached hydrogens (primary N) is 1. The van der Waals surface area contributed by atoms with Crippen LogP contribution in [0.1, 0.15) is 86.0 Å². The molecule has 7 heteroatoms. The molecule has 0 radical (unpaired) electrons. The second kappa shape index (κ2) is 7.62. The predicted octanol–water partition coefficient (Wildman–Crippen LogP) is 3.34. The molecule has 1 atom stereocenters. The van der Waals surface area contributed by atoms with Crippen LogP contribution in [0.2, 0.25) is 0 Å². The number of rotatable bonds is 6. The van der Waals surface area contributed by atoms with Gasteiger partial charge in [-0.25, -0.2) is 0 Å². The van der Waals surface area contributed by atoms with Crippen LogP contribution >= 0.6 is 11.3 Å². The van der Waals surface area contributed by atoms with Gasteiger partial charge in [-0.05, 0) is 62.5 Å². The fraction of sp³-hybridized carbons (Fsp3) is 0.650. The summed E-state index contributed by atoms with van der Waals surface area (Å²) >= 11 is 1.46. The van der Waals surface area contributed by atoms with Crippen LogP contribution in [0.25, 0.3) is 0 Å². The maximum absolute atomic E-state index is 12.9. The molecule has 1 saturated carbocycles. The first kappa shape index (κ1) is 19.9. The average Bonchev–Trinajstić information content (AvgIpc) is 3.24. The maximum Gasteiger partial charge on any atom is 0.306 e. The summed E-state index contributed by atoms with van der Waals surface area (Å²) in [6, 6.07) is -0.791. The quantitative estimate of drug-likeness (QED) is 0.752. The molecule has 148 valence electrons. The molecule has 1 unspecified atom stereocenters. The summed E-state index contributed by atoms with van der Waals surface area (Å²) in [6.45, 7) is 5.79. The van der Waals surface area contributed by atoms with Crippen molar-refractivity contribution < 1.29 is 19.1 Å². The maximum atomic E-state index is 12.9. The second-order valence-corrected chi connectivity index (χ2v) is 9.34. The third kappa shape index (κ3) is 4.34. The molecule has 6 nitrogen and oxygen atoms in total. The van der Waals surface area contributed by atoms with Crippen molar-refractivity contribution in [3.63, 3.8) is 0 Å². The SMILES string of the molecule is CC(C)(C)OC(=O)CCC(C(N)=O)N1Cc2c(C3CCCC3)csc2C1=O. The minimum Gasteiger partial charge on any atom is -0.460 e. The third-order valence-corrected chi connectivity index (χ3v) is 6.28. The van der Waals surface area contributed by atoms with Crippen molar-refractivity contribution in [2.75, 3.05) is 0 Å². The van der Waals surface area contributed by atoms with Gasteiger partial charge in [-0.2, -0.15) is 0 Å². The van der Waals surface area contributed by atoms with E-state index in [1.165, 1.54) is 34.6 Å². The summed E-state index contributed by atoms with van der Waals surface area (Å²) in [4.78, 5) is 39.1. The topological polar surface area (TPSA) is 89.7 Å². The lowest BCUT2D eigenvalue weighted by molar-refractivity contribution is -0.155. The summed E-state index contributed by atoms with van der Waals surface area (Å²) in [5.41, 5.74) is 7.31. The molecule has 27 heavy (non-hydrogen) atoms. The zero-order chi connectivity index (χ0) is 19.8. The molecule has 1 fully saturated rings. The number of fused-ring (bicyclic) bond motifs is 1.